The van der Waals surface area contributed by atoms with Gasteiger partial charge in [-0.05, 0) is 48.6 Å². The topological polar surface area (TPSA) is 46.6 Å². The maximum absolute atomic E-state index is 12.9. The Morgan fingerprint density at radius 3 is 2.38 bits per heavy atom. The van der Waals surface area contributed by atoms with Gasteiger partial charge in [-0.2, -0.15) is 4.31 Å². The van der Waals surface area contributed by atoms with Crippen molar-refractivity contribution < 1.29 is 13.2 Å². The zero-order valence-corrected chi connectivity index (χ0v) is 16.0. The van der Waals surface area contributed by atoms with Crippen LogP contribution in [0.15, 0.2) is 53.4 Å². The van der Waals surface area contributed by atoms with Gasteiger partial charge >= 0.3 is 0 Å². The summed E-state index contributed by atoms with van der Waals surface area (Å²) in [4.78, 5) is 0.389. The zero-order valence-electron chi connectivity index (χ0n) is 15.1. The van der Waals surface area contributed by atoms with Crippen LogP contribution in [0.5, 0.6) is 5.75 Å². The lowest BCUT2D eigenvalue weighted by atomic mass is 9.84. The van der Waals surface area contributed by atoms with E-state index in [0.29, 0.717) is 18.0 Å². The minimum absolute atomic E-state index is 0.216. The quantitative estimate of drug-likeness (QED) is 0.824. The molecule has 0 radical (unpaired) electrons. The molecule has 0 atom stereocenters. The molecule has 5 heteroatoms. The van der Waals surface area contributed by atoms with Gasteiger partial charge in [-0.15, -0.1) is 0 Å². The van der Waals surface area contributed by atoms with Crippen molar-refractivity contribution in [1.29, 1.82) is 0 Å². The van der Waals surface area contributed by atoms with E-state index < -0.39 is 10.0 Å². The molecule has 0 saturated carbocycles. The van der Waals surface area contributed by atoms with Gasteiger partial charge in [0, 0.05) is 25.9 Å². The van der Waals surface area contributed by atoms with Crippen molar-refractivity contribution >= 4 is 10.0 Å². The summed E-state index contributed by atoms with van der Waals surface area (Å²) in [6.07, 6.45) is 4.36. The van der Waals surface area contributed by atoms with E-state index in [4.69, 9.17) is 4.74 Å². The molecule has 2 aliphatic rings. The molecule has 2 aromatic carbocycles. The fraction of sp³-hybridized carbons (Fsp3) is 0.429. The molecule has 26 heavy (non-hydrogen) atoms. The first-order valence-electron chi connectivity index (χ1n) is 9.38. The Balaban J connectivity index is 1.48. The lowest BCUT2D eigenvalue weighted by molar-refractivity contribution is 0.00181. The van der Waals surface area contributed by atoms with Gasteiger partial charge in [-0.1, -0.05) is 37.3 Å². The zero-order chi connectivity index (χ0) is 18.2. The van der Waals surface area contributed by atoms with Crippen LogP contribution >= 0.6 is 0 Å². The van der Waals surface area contributed by atoms with Crippen LogP contribution in [0.3, 0.4) is 0 Å². The molecule has 1 saturated heterocycles. The summed E-state index contributed by atoms with van der Waals surface area (Å²) in [5, 5.41) is 0. The first-order valence-corrected chi connectivity index (χ1v) is 10.8. The minimum atomic E-state index is -3.43. The van der Waals surface area contributed by atoms with E-state index in [-0.39, 0.29) is 5.60 Å². The third kappa shape index (κ3) is 3.14. The molecular weight excluding hydrogens is 346 g/mol. The number of nitrogens with zero attached hydrogens (tertiary/aromatic N) is 1. The fourth-order valence-corrected chi connectivity index (χ4v) is 5.43. The maximum Gasteiger partial charge on any atom is 0.243 e. The number of hydrogen-bond donors (Lipinski definition) is 0. The summed E-state index contributed by atoms with van der Waals surface area (Å²) >= 11 is 0. The highest BCUT2D eigenvalue weighted by molar-refractivity contribution is 7.89. The Morgan fingerprint density at radius 1 is 1.00 bits per heavy atom. The van der Waals surface area contributed by atoms with Crippen LogP contribution in [0, 0.1) is 0 Å². The molecule has 0 bridgehead atoms. The largest absolute Gasteiger partial charge is 0.487 e. The standard InChI is InChI=1S/C21H25NO3S/c1-2-17-7-9-19(10-8-17)26(23,24)22-15-13-21(14-16-22)12-11-18-5-3-4-6-20(18)25-21/h3-10H,2,11-16H2,1H3. The van der Waals surface area contributed by atoms with Crippen molar-refractivity contribution in [2.75, 3.05) is 13.1 Å². The van der Waals surface area contributed by atoms with Gasteiger partial charge in [0.2, 0.25) is 10.0 Å². The van der Waals surface area contributed by atoms with Crippen molar-refractivity contribution in [3.8, 4) is 5.75 Å². The SMILES string of the molecule is CCc1ccc(S(=O)(=O)N2CCC3(CCc4ccccc4O3)CC2)cc1. The van der Waals surface area contributed by atoms with Gasteiger partial charge in [0.05, 0.1) is 4.90 Å². The third-order valence-electron chi connectivity index (χ3n) is 5.75. The van der Waals surface area contributed by atoms with Gasteiger partial charge in [0.15, 0.2) is 0 Å². The van der Waals surface area contributed by atoms with E-state index in [2.05, 4.69) is 13.0 Å². The second kappa shape index (κ2) is 6.71. The monoisotopic (exact) mass is 371 g/mol. The number of rotatable bonds is 3. The Kier molecular flexibility index (Phi) is 4.53. The predicted octanol–water partition coefficient (Wildman–Crippen LogP) is 3.80. The van der Waals surface area contributed by atoms with Crippen LogP contribution in [0.25, 0.3) is 0 Å². The summed E-state index contributed by atoms with van der Waals surface area (Å²) < 4.78 is 33.8. The van der Waals surface area contributed by atoms with E-state index in [0.717, 1.165) is 43.4 Å². The highest BCUT2D eigenvalue weighted by atomic mass is 32.2. The molecule has 0 unspecified atom stereocenters. The molecule has 1 spiro atoms. The fourth-order valence-electron chi connectivity index (χ4n) is 3.99. The lowest BCUT2D eigenvalue weighted by Gasteiger charge is -2.44. The Hall–Kier alpha value is -1.85. The number of fused-ring (bicyclic) bond motifs is 1. The van der Waals surface area contributed by atoms with Gasteiger partial charge in [-0.25, -0.2) is 8.42 Å². The van der Waals surface area contributed by atoms with Gasteiger partial charge in [0.25, 0.3) is 0 Å². The molecular formula is C21H25NO3S. The molecule has 2 aliphatic heterocycles. The van der Waals surface area contributed by atoms with Crippen LogP contribution in [-0.2, 0) is 22.9 Å². The number of benzene rings is 2. The van der Waals surface area contributed by atoms with Crippen LogP contribution in [0.1, 0.15) is 37.3 Å². The molecule has 0 amide bonds. The summed E-state index contributed by atoms with van der Waals surface area (Å²) in [7, 11) is -3.43. The van der Waals surface area contributed by atoms with Crippen molar-refractivity contribution in [3.63, 3.8) is 0 Å². The van der Waals surface area contributed by atoms with Crippen molar-refractivity contribution in [1.82, 2.24) is 4.31 Å². The number of piperidine rings is 1. The van der Waals surface area contributed by atoms with Crippen LogP contribution in [-0.4, -0.2) is 31.4 Å². The summed E-state index contributed by atoms with van der Waals surface area (Å²) in [5.74, 6) is 0.963. The number of para-hydroxylation sites is 1. The highest BCUT2D eigenvalue weighted by Gasteiger charge is 2.42. The van der Waals surface area contributed by atoms with Crippen molar-refractivity contribution in [2.45, 2.75) is 49.5 Å². The molecule has 138 valence electrons. The predicted molar refractivity (Wildman–Crippen MR) is 102 cm³/mol. The molecule has 4 rings (SSSR count). The maximum atomic E-state index is 12.9. The lowest BCUT2D eigenvalue weighted by Crippen LogP contribution is -2.51. The normalized spacial score (nSPS) is 19.7. The third-order valence-corrected chi connectivity index (χ3v) is 7.66. The summed E-state index contributed by atoms with van der Waals surface area (Å²) in [5.41, 5.74) is 2.19. The number of aryl methyl sites for hydroxylation is 2. The second-order valence-corrected chi connectivity index (χ2v) is 9.23. The second-order valence-electron chi connectivity index (χ2n) is 7.29. The average molecular weight is 372 g/mol. The number of hydrogen-bond acceptors (Lipinski definition) is 3. The summed E-state index contributed by atoms with van der Waals surface area (Å²) in [6, 6.07) is 15.4. The number of sulfonamides is 1. The molecule has 0 aliphatic carbocycles. The van der Waals surface area contributed by atoms with Crippen molar-refractivity contribution in [2.24, 2.45) is 0 Å². The molecule has 0 N–H and O–H groups in total. The minimum Gasteiger partial charge on any atom is -0.487 e. The first kappa shape index (κ1) is 17.6. The molecule has 4 nitrogen and oxygen atoms in total. The van der Waals surface area contributed by atoms with Crippen LogP contribution < -0.4 is 4.74 Å². The van der Waals surface area contributed by atoms with Gasteiger partial charge in [0.1, 0.15) is 11.4 Å². The highest BCUT2D eigenvalue weighted by Crippen LogP contribution is 2.40. The summed E-state index contributed by atoms with van der Waals surface area (Å²) in [6.45, 7) is 3.09. The van der Waals surface area contributed by atoms with Crippen LogP contribution in [0.4, 0.5) is 0 Å². The van der Waals surface area contributed by atoms with E-state index >= 15 is 0 Å². The Bertz CT molecular complexity index is 882. The van der Waals surface area contributed by atoms with Crippen molar-refractivity contribution in [3.05, 3.63) is 59.7 Å². The first-order chi connectivity index (χ1) is 12.5. The van der Waals surface area contributed by atoms with E-state index in [1.54, 1.807) is 16.4 Å². The molecule has 0 aromatic heterocycles. The number of ether oxygens (including phenoxy) is 1. The average Bonchev–Trinajstić information content (AvgIpc) is 2.68. The Morgan fingerprint density at radius 2 is 1.69 bits per heavy atom. The molecule has 1 fully saturated rings. The van der Waals surface area contributed by atoms with E-state index in [9.17, 15) is 8.42 Å². The smallest absolute Gasteiger partial charge is 0.243 e. The van der Waals surface area contributed by atoms with Crippen LogP contribution in [0.2, 0.25) is 0 Å². The molecule has 2 heterocycles. The van der Waals surface area contributed by atoms with Gasteiger partial charge < -0.3 is 4.74 Å². The molecule has 2 aromatic rings. The van der Waals surface area contributed by atoms with E-state index in [1.165, 1.54) is 5.56 Å². The Labute approximate surface area is 155 Å². The van der Waals surface area contributed by atoms with E-state index in [1.807, 2.05) is 30.3 Å². The van der Waals surface area contributed by atoms with Gasteiger partial charge in [-0.3, -0.25) is 0 Å².